The van der Waals surface area contributed by atoms with Gasteiger partial charge in [-0.1, -0.05) is 13.3 Å². The first-order chi connectivity index (χ1) is 8.78. The highest BCUT2D eigenvalue weighted by atomic mass is 16.5. The number of carbonyl (C=O) groups excluding carboxylic acids is 2. The van der Waals surface area contributed by atoms with Crippen LogP contribution < -0.4 is 0 Å². The fraction of sp³-hybridized carbons (Fsp3) is 0.867. The molecule has 2 fully saturated rings. The molecule has 0 amide bonds. The smallest absolute Gasteiger partial charge is 0.306 e. The van der Waals surface area contributed by atoms with E-state index in [9.17, 15) is 14.7 Å². The fourth-order valence-electron chi connectivity index (χ4n) is 4.14. The molecule has 0 aromatic carbocycles. The monoisotopic (exact) mass is 268 g/mol. The Kier molecular flexibility index (Phi) is 3.74. The predicted octanol–water partition coefficient (Wildman–Crippen LogP) is 2.09. The molecule has 0 heterocycles. The van der Waals surface area contributed by atoms with Crippen molar-refractivity contribution in [3.8, 4) is 0 Å². The SMILES string of the molecule is COC(=O)C[C@H]1C[C@@H]2[C@](C)(CCC[C@]2(C)O)CC1=O. The molecule has 4 atom stereocenters. The third kappa shape index (κ3) is 2.69. The van der Waals surface area contributed by atoms with Crippen molar-refractivity contribution in [2.45, 2.75) is 58.0 Å². The third-order valence-corrected chi connectivity index (χ3v) is 5.22. The van der Waals surface area contributed by atoms with Crippen LogP contribution in [0.2, 0.25) is 0 Å². The van der Waals surface area contributed by atoms with E-state index in [2.05, 4.69) is 11.7 Å². The number of aliphatic hydroxyl groups is 1. The first-order valence-electron chi connectivity index (χ1n) is 7.10. The molecule has 19 heavy (non-hydrogen) atoms. The minimum absolute atomic E-state index is 0.0982. The summed E-state index contributed by atoms with van der Waals surface area (Å²) >= 11 is 0. The van der Waals surface area contributed by atoms with Gasteiger partial charge >= 0.3 is 5.97 Å². The highest BCUT2D eigenvalue weighted by Crippen LogP contribution is 2.54. The van der Waals surface area contributed by atoms with Gasteiger partial charge in [-0.25, -0.2) is 0 Å². The zero-order valence-electron chi connectivity index (χ0n) is 12.1. The molecule has 0 aromatic rings. The maximum atomic E-state index is 12.2. The summed E-state index contributed by atoms with van der Waals surface area (Å²) < 4.78 is 4.66. The van der Waals surface area contributed by atoms with Crippen molar-refractivity contribution in [1.29, 1.82) is 0 Å². The molecule has 0 radical (unpaired) electrons. The van der Waals surface area contributed by atoms with Crippen molar-refractivity contribution in [3.05, 3.63) is 0 Å². The minimum Gasteiger partial charge on any atom is -0.469 e. The lowest BCUT2D eigenvalue weighted by Gasteiger charge is -2.53. The molecule has 0 aliphatic heterocycles. The Morgan fingerprint density at radius 2 is 2.11 bits per heavy atom. The van der Waals surface area contributed by atoms with Crippen molar-refractivity contribution < 1.29 is 19.4 Å². The van der Waals surface area contributed by atoms with Crippen molar-refractivity contribution >= 4 is 11.8 Å². The van der Waals surface area contributed by atoms with Crippen molar-refractivity contribution in [2.75, 3.05) is 7.11 Å². The summed E-state index contributed by atoms with van der Waals surface area (Å²) in [5, 5.41) is 10.6. The van der Waals surface area contributed by atoms with Crippen molar-refractivity contribution in [3.63, 3.8) is 0 Å². The lowest BCUT2D eigenvalue weighted by Crippen LogP contribution is -2.53. The van der Waals surface area contributed by atoms with E-state index in [4.69, 9.17) is 0 Å². The average Bonchev–Trinajstić information content (AvgIpc) is 2.30. The second-order valence-corrected chi connectivity index (χ2v) is 6.77. The zero-order valence-corrected chi connectivity index (χ0v) is 12.1. The molecular weight excluding hydrogens is 244 g/mol. The largest absolute Gasteiger partial charge is 0.469 e. The maximum Gasteiger partial charge on any atom is 0.306 e. The summed E-state index contributed by atoms with van der Waals surface area (Å²) in [5.74, 6) is -0.365. The second-order valence-electron chi connectivity index (χ2n) is 6.77. The first kappa shape index (κ1) is 14.5. The van der Waals surface area contributed by atoms with Crippen molar-refractivity contribution in [2.24, 2.45) is 17.3 Å². The van der Waals surface area contributed by atoms with Crippen LogP contribution in [0.3, 0.4) is 0 Å². The van der Waals surface area contributed by atoms with E-state index < -0.39 is 5.60 Å². The number of ether oxygens (including phenoxy) is 1. The van der Waals surface area contributed by atoms with E-state index in [1.807, 2.05) is 6.92 Å². The summed E-state index contributed by atoms with van der Waals surface area (Å²) in [6, 6.07) is 0. The highest BCUT2D eigenvalue weighted by molar-refractivity contribution is 5.86. The Bertz CT molecular complexity index is 388. The van der Waals surface area contributed by atoms with Gasteiger partial charge in [0.05, 0.1) is 19.1 Å². The Morgan fingerprint density at radius 1 is 1.42 bits per heavy atom. The summed E-state index contributed by atoms with van der Waals surface area (Å²) in [4.78, 5) is 23.6. The highest BCUT2D eigenvalue weighted by Gasteiger charge is 2.53. The molecule has 2 saturated carbocycles. The lowest BCUT2D eigenvalue weighted by atomic mass is 9.53. The average molecular weight is 268 g/mol. The van der Waals surface area contributed by atoms with Crippen LogP contribution in [0.15, 0.2) is 0 Å². The quantitative estimate of drug-likeness (QED) is 0.779. The van der Waals surface area contributed by atoms with Gasteiger partial charge in [-0.05, 0) is 37.5 Å². The van der Waals surface area contributed by atoms with Gasteiger partial charge in [-0.15, -0.1) is 0 Å². The standard InChI is InChI=1S/C15H24O4/c1-14-5-4-6-15(2,18)12(14)7-10(11(16)9-14)8-13(17)19-3/h10,12,18H,4-9H2,1-3H3/t10-,12-,14-,15+/m1/s1. The van der Waals surface area contributed by atoms with E-state index in [0.717, 1.165) is 19.3 Å². The van der Waals surface area contributed by atoms with E-state index in [-0.39, 0.29) is 35.4 Å². The molecule has 0 bridgehead atoms. The molecule has 4 heteroatoms. The number of hydrogen-bond donors (Lipinski definition) is 1. The number of fused-ring (bicyclic) bond motifs is 1. The topological polar surface area (TPSA) is 63.6 Å². The number of methoxy groups -OCH3 is 1. The molecule has 0 saturated heterocycles. The molecule has 2 rings (SSSR count). The van der Waals surface area contributed by atoms with Gasteiger partial charge in [-0.3, -0.25) is 9.59 Å². The van der Waals surface area contributed by atoms with Gasteiger partial charge in [0, 0.05) is 12.3 Å². The van der Waals surface area contributed by atoms with Crippen LogP contribution in [-0.2, 0) is 14.3 Å². The van der Waals surface area contributed by atoms with Gasteiger partial charge < -0.3 is 9.84 Å². The molecule has 2 aliphatic carbocycles. The third-order valence-electron chi connectivity index (χ3n) is 5.22. The van der Waals surface area contributed by atoms with Crippen LogP contribution in [0.25, 0.3) is 0 Å². The second kappa shape index (κ2) is 4.89. The number of hydrogen-bond acceptors (Lipinski definition) is 4. The van der Waals surface area contributed by atoms with Crippen LogP contribution in [0.4, 0.5) is 0 Å². The Labute approximate surface area is 114 Å². The van der Waals surface area contributed by atoms with Crippen LogP contribution >= 0.6 is 0 Å². The number of ketones is 1. The number of carbonyl (C=O) groups is 2. The molecular formula is C15H24O4. The fourth-order valence-corrected chi connectivity index (χ4v) is 4.14. The molecule has 0 aromatic heterocycles. The van der Waals surface area contributed by atoms with E-state index in [1.165, 1.54) is 7.11 Å². The molecule has 108 valence electrons. The Morgan fingerprint density at radius 3 is 2.74 bits per heavy atom. The summed E-state index contributed by atoms with van der Waals surface area (Å²) in [7, 11) is 1.34. The first-order valence-corrected chi connectivity index (χ1v) is 7.10. The number of esters is 1. The van der Waals surface area contributed by atoms with Crippen LogP contribution in [-0.4, -0.2) is 29.6 Å². The van der Waals surface area contributed by atoms with Gasteiger partial charge in [0.15, 0.2) is 0 Å². The maximum absolute atomic E-state index is 12.2. The lowest BCUT2D eigenvalue weighted by molar-refractivity contribution is -0.157. The molecule has 2 aliphatic rings. The Hall–Kier alpha value is -0.900. The van der Waals surface area contributed by atoms with Gasteiger partial charge in [0.1, 0.15) is 5.78 Å². The summed E-state index contributed by atoms with van der Waals surface area (Å²) in [5.41, 5.74) is -0.826. The van der Waals surface area contributed by atoms with E-state index in [1.54, 1.807) is 0 Å². The van der Waals surface area contributed by atoms with Gasteiger partial charge in [0.2, 0.25) is 0 Å². The van der Waals surface area contributed by atoms with Crippen molar-refractivity contribution in [1.82, 2.24) is 0 Å². The van der Waals surface area contributed by atoms with E-state index in [0.29, 0.717) is 12.8 Å². The van der Waals surface area contributed by atoms with Gasteiger partial charge in [-0.2, -0.15) is 0 Å². The molecule has 4 nitrogen and oxygen atoms in total. The van der Waals surface area contributed by atoms with Gasteiger partial charge in [0.25, 0.3) is 0 Å². The number of rotatable bonds is 2. The normalized spacial score (nSPS) is 42.6. The van der Waals surface area contributed by atoms with Crippen LogP contribution in [0.5, 0.6) is 0 Å². The van der Waals surface area contributed by atoms with E-state index >= 15 is 0 Å². The molecule has 1 N–H and O–H groups in total. The summed E-state index contributed by atoms with van der Waals surface area (Å²) in [6.45, 7) is 3.98. The zero-order chi connectivity index (χ0) is 14.3. The summed E-state index contributed by atoms with van der Waals surface area (Å²) in [6.07, 6.45) is 3.98. The Balaban J connectivity index is 2.18. The predicted molar refractivity (Wildman–Crippen MR) is 70.4 cm³/mol. The number of Topliss-reactive ketones (excluding diaryl/α,β-unsaturated/α-hetero) is 1. The van der Waals surface area contributed by atoms with Crippen LogP contribution in [0.1, 0.15) is 52.4 Å². The minimum atomic E-state index is -0.720. The molecule has 0 spiro atoms. The van der Waals surface area contributed by atoms with Crippen LogP contribution in [0, 0.1) is 17.3 Å². The molecule has 0 unspecified atom stereocenters.